The number of benzene rings is 1. The zero-order valence-electron chi connectivity index (χ0n) is 10.6. The first-order valence-corrected chi connectivity index (χ1v) is 6.04. The van der Waals surface area contributed by atoms with Crippen LogP contribution in [0.5, 0.6) is 0 Å². The fraction of sp³-hybridized carbons (Fsp3) is 0.125. The zero-order chi connectivity index (χ0) is 13.7. The summed E-state index contributed by atoms with van der Waals surface area (Å²) in [4.78, 5) is 15.7. The van der Waals surface area contributed by atoms with Crippen LogP contribution in [-0.4, -0.2) is 11.0 Å². The van der Waals surface area contributed by atoms with E-state index < -0.39 is 5.97 Å². The predicted octanol–water partition coefficient (Wildman–Crippen LogP) is 3.58. The van der Waals surface area contributed by atoms with Crippen molar-refractivity contribution in [3.8, 4) is 0 Å². The highest BCUT2D eigenvalue weighted by Crippen LogP contribution is 2.28. The molecule has 0 bridgehead atoms. The number of carbonyl (C=O) groups excluding carboxylic acids is 1. The molecule has 2 aromatic rings. The Morgan fingerprint density at radius 2 is 2.11 bits per heavy atom. The molecular weight excluding hydrogens is 238 g/mol. The lowest BCUT2D eigenvalue weighted by Gasteiger charge is -2.17. The van der Waals surface area contributed by atoms with Gasteiger partial charge in [0.2, 0.25) is 0 Å². The third-order valence-corrected chi connectivity index (χ3v) is 2.84. The number of aromatic nitrogens is 1. The van der Waals surface area contributed by atoms with Crippen molar-refractivity contribution in [2.75, 3.05) is 0 Å². The first-order chi connectivity index (χ1) is 9.26. The molecule has 3 nitrogen and oxygen atoms in total. The molecule has 96 valence electrons. The van der Waals surface area contributed by atoms with E-state index in [-0.39, 0.29) is 6.10 Å². The number of hydrogen-bond donors (Lipinski definition) is 0. The van der Waals surface area contributed by atoms with Gasteiger partial charge in [-0.2, -0.15) is 0 Å². The number of esters is 1. The second-order valence-electron chi connectivity index (χ2n) is 4.07. The maximum Gasteiger partial charge on any atom is 0.330 e. The van der Waals surface area contributed by atoms with Gasteiger partial charge in [-0.3, -0.25) is 4.98 Å². The standard InChI is InChI=1S/C16H15NO2/c1-3-7-15(19-16(18)4-2)13-10-11-17-14-9-6-5-8-12(13)14/h3-6,8-11,15H,1-2,7H2/t15-/m1/s1. The van der Waals surface area contributed by atoms with Crippen LogP contribution in [0.25, 0.3) is 10.9 Å². The van der Waals surface area contributed by atoms with Crippen LogP contribution in [0.4, 0.5) is 0 Å². The van der Waals surface area contributed by atoms with Crippen LogP contribution in [-0.2, 0) is 9.53 Å². The number of nitrogens with zero attached hydrogens (tertiary/aromatic N) is 1. The van der Waals surface area contributed by atoms with E-state index in [4.69, 9.17) is 4.74 Å². The van der Waals surface area contributed by atoms with Crippen molar-refractivity contribution in [3.05, 3.63) is 67.4 Å². The normalized spacial score (nSPS) is 11.8. The summed E-state index contributed by atoms with van der Waals surface area (Å²) < 4.78 is 5.38. The molecule has 0 fully saturated rings. The average molecular weight is 253 g/mol. The summed E-state index contributed by atoms with van der Waals surface area (Å²) in [5.74, 6) is -0.437. The van der Waals surface area contributed by atoms with Crippen LogP contribution in [0.15, 0.2) is 61.8 Å². The van der Waals surface area contributed by atoms with Crippen LogP contribution >= 0.6 is 0 Å². The minimum absolute atomic E-state index is 0.365. The van der Waals surface area contributed by atoms with Crippen LogP contribution < -0.4 is 0 Å². The van der Waals surface area contributed by atoms with E-state index >= 15 is 0 Å². The topological polar surface area (TPSA) is 39.2 Å². The molecule has 0 aliphatic heterocycles. The van der Waals surface area contributed by atoms with Crippen molar-refractivity contribution < 1.29 is 9.53 Å². The maximum absolute atomic E-state index is 11.4. The first-order valence-electron chi connectivity index (χ1n) is 6.04. The molecule has 0 radical (unpaired) electrons. The highest BCUT2D eigenvalue weighted by molar-refractivity contribution is 5.84. The van der Waals surface area contributed by atoms with Gasteiger partial charge in [0.1, 0.15) is 6.10 Å². The summed E-state index contributed by atoms with van der Waals surface area (Å²) >= 11 is 0. The molecular formula is C16H15NO2. The Morgan fingerprint density at radius 1 is 1.32 bits per heavy atom. The van der Waals surface area contributed by atoms with Crippen LogP contribution in [0.1, 0.15) is 18.1 Å². The predicted molar refractivity (Wildman–Crippen MR) is 75.6 cm³/mol. The highest BCUT2D eigenvalue weighted by Gasteiger charge is 2.16. The summed E-state index contributed by atoms with van der Waals surface area (Å²) in [5.41, 5.74) is 1.81. The highest BCUT2D eigenvalue weighted by atomic mass is 16.5. The average Bonchev–Trinajstić information content (AvgIpc) is 2.46. The lowest BCUT2D eigenvalue weighted by atomic mass is 10.0. The Kier molecular flexibility index (Phi) is 4.08. The molecule has 0 aliphatic rings. The van der Waals surface area contributed by atoms with Gasteiger partial charge < -0.3 is 4.74 Å². The molecule has 1 aromatic carbocycles. The molecule has 0 saturated carbocycles. The van der Waals surface area contributed by atoms with Gasteiger partial charge in [-0.1, -0.05) is 30.9 Å². The minimum Gasteiger partial charge on any atom is -0.454 e. The van der Waals surface area contributed by atoms with E-state index in [1.807, 2.05) is 30.3 Å². The van der Waals surface area contributed by atoms with Gasteiger partial charge in [0.05, 0.1) is 5.52 Å². The summed E-state index contributed by atoms with van der Waals surface area (Å²) in [6.07, 6.45) is 4.80. The Bertz CT molecular complexity index is 614. The molecule has 0 amide bonds. The molecule has 2 rings (SSSR count). The monoisotopic (exact) mass is 253 g/mol. The van der Waals surface area contributed by atoms with Crippen LogP contribution in [0.3, 0.4) is 0 Å². The van der Waals surface area contributed by atoms with Crippen molar-refractivity contribution in [3.63, 3.8) is 0 Å². The van der Waals surface area contributed by atoms with Gasteiger partial charge in [-0.05, 0) is 12.1 Å². The fourth-order valence-electron chi connectivity index (χ4n) is 1.98. The van der Waals surface area contributed by atoms with Gasteiger partial charge in [-0.15, -0.1) is 6.58 Å². The second-order valence-corrected chi connectivity index (χ2v) is 4.07. The summed E-state index contributed by atoms with van der Waals surface area (Å²) in [6.45, 7) is 7.12. The first kappa shape index (κ1) is 13.0. The van der Waals surface area contributed by atoms with Crippen molar-refractivity contribution in [1.29, 1.82) is 0 Å². The molecule has 0 saturated heterocycles. The maximum atomic E-state index is 11.4. The summed E-state index contributed by atoms with van der Waals surface area (Å²) in [6, 6.07) is 9.63. The summed E-state index contributed by atoms with van der Waals surface area (Å²) in [7, 11) is 0. The lowest BCUT2D eigenvalue weighted by Crippen LogP contribution is -2.09. The van der Waals surface area contributed by atoms with Crippen LogP contribution in [0.2, 0.25) is 0 Å². The molecule has 0 N–H and O–H groups in total. The molecule has 0 unspecified atom stereocenters. The molecule has 3 heteroatoms. The van der Waals surface area contributed by atoms with Crippen molar-refractivity contribution in [2.24, 2.45) is 0 Å². The van der Waals surface area contributed by atoms with Crippen LogP contribution in [0, 0.1) is 0 Å². The SMILES string of the molecule is C=CC[C@@H](OC(=O)C=C)c1ccnc2ccccc12. The second kappa shape index (κ2) is 5.96. The van der Waals surface area contributed by atoms with Crippen molar-refractivity contribution in [1.82, 2.24) is 4.98 Å². The fourth-order valence-corrected chi connectivity index (χ4v) is 1.98. The molecule has 1 atom stereocenters. The Balaban J connectivity index is 2.46. The minimum atomic E-state index is -0.437. The number of carbonyl (C=O) groups is 1. The molecule has 0 aliphatic carbocycles. The van der Waals surface area contributed by atoms with E-state index in [2.05, 4.69) is 18.1 Å². The third kappa shape index (κ3) is 2.88. The summed E-state index contributed by atoms with van der Waals surface area (Å²) in [5, 5.41) is 0.980. The van der Waals surface area contributed by atoms with Gasteiger partial charge in [0, 0.05) is 29.6 Å². The number of ether oxygens (including phenoxy) is 1. The Morgan fingerprint density at radius 3 is 2.84 bits per heavy atom. The van der Waals surface area contributed by atoms with E-state index in [9.17, 15) is 4.79 Å². The Labute approximate surface area is 112 Å². The molecule has 1 heterocycles. The molecule has 1 aromatic heterocycles. The number of hydrogen-bond acceptors (Lipinski definition) is 3. The van der Waals surface area contributed by atoms with E-state index in [0.29, 0.717) is 6.42 Å². The number of para-hydroxylation sites is 1. The van der Waals surface area contributed by atoms with Gasteiger partial charge in [0.25, 0.3) is 0 Å². The smallest absolute Gasteiger partial charge is 0.330 e. The van der Waals surface area contributed by atoms with Crippen molar-refractivity contribution >= 4 is 16.9 Å². The molecule has 19 heavy (non-hydrogen) atoms. The van der Waals surface area contributed by atoms with E-state index in [1.54, 1.807) is 12.3 Å². The van der Waals surface area contributed by atoms with Gasteiger partial charge in [0.15, 0.2) is 0 Å². The number of rotatable bonds is 5. The third-order valence-electron chi connectivity index (χ3n) is 2.84. The Hall–Kier alpha value is -2.42. The van der Waals surface area contributed by atoms with E-state index in [1.165, 1.54) is 6.08 Å². The van der Waals surface area contributed by atoms with Gasteiger partial charge >= 0.3 is 5.97 Å². The van der Waals surface area contributed by atoms with Gasteiger partial charge in [-0.25, -0.2) is 4.79 Å². The lowest BCUT2D eigenvalue weighted by molar-refractivity contribution is -0.143. The quantitative estimate of drug-likeness (QED) is 0.464. The molecule has 0 spiro atoms. The number of fused-ring (bicyclic) bond motifs is 1. The number of pyridine rings is 1. The largest absolute Gasteiger partial charge is 0.454 e. The zero-order valence-corrected chi connectivity index (χ0v) is 10.6. The van der Waals surface area contributed by atoms with E-state index in [0.717, 1.165) is 16.5 Å². The van der Waals surface area contributed by atoms with Crippen molar-refractivity contribution in [2.45, 2.75) is 12.5 Å².